The number of rotatable bonds is 5. The molecule has 1 aliphatic carbocycles. The molecule has 1 aliphatic rings. The summed E-state index contributed by atoms with van der Waals surface area (Å²) in [5.74, 6) is -0.435. The predicted molar refractivity (Wildman–Crippen MR) is 51.6 cm³/mol. The zero-order chi connectivity index (χ0) is 10.6. The van der Waals surface area contributed by atoms with Crippen LogP contribution in [0.4, 0.5) is 0 Å². The van der Waals surface area contributed by atoms with Gasteiger partial charge in [0.25, 0.3) is 0 Å². The van der Waals surface area contributed by atoms with Crippen molar-refractivity contribution in [2.24, 2.45) is 11.5 Å². The van der Waals surface area contributed by atoms with E-state index in [-0.39, 0.29) is 6.10 Å². The first-order valence-electron chi connectivity index (χ1n) is 4.78. The molecule has 82 valence electrons. The SMILES string of the molecule is COCCOC1CCC(N)(C(N)=O)C1. The minimum atomic E-state index is -0.863. The van der Waals surface area contributed by atoms with Crippen molar-refractivity contribution in [1.82, 2.24) is 0 Å². The Morgan fingerprint density at radius 1 is 1.57 bits per heavy atom. The molecular formula is C9H18N2O3. The van der Waals surface area contributed by atoms with Crippen molar-refractivity contribution in [2.45, 2.75) is 30.9 Å². The van der Waals surface area contributed by atoms with Gasteiger partial charge in [0.15, 0.2) is 0 Å². The first-order chi connectivity index (χ1) is 6.58. The van der Waals surface area contributed by atoms with Gasteiger partial charge in [-0.15, -0.1) is 0 Å². The molecule has 0 bridgehead atoms. The summed E-state index contributed by atoms with van der Waals surface area (Å²) in [7, 11) is 1.62. The molecule has 14 heavy (non-hydrogen) atoms. The van der Waals surface area contributed by atoms with Crippen molar-refractivity contribution >= 4 is 5.91 Å². The molecule has 0 radical (unpaired) electrons. The number of hydrogen-bond acceptors (Lipinski definition) is 4. The molecule has 1 fully saturated rings. The van der Waals surface area contributed by atoms with E-state index in [1.165, 1.54) is 0 Å². The average molecular weight is 202 g/mol. The normalized spacial score (nSPS) is 32.0. The number of methoxy groups -OCH3 is 1. The van der Waals surface area contributed by atoms with Crippen LogP contribution in [0.1, 0.15) is 19.3 Å². The van der Waals surface area contributed by atoms with Gasteiger partial charge in [-0.25, -0.2) is 0 Å². The van der Waals surface area contributed by atoms with E-state index in [1.807, 2.05) is 0 Å². The quantitative estimate of drug-likeness (QED) is 0.582. The number of nitrogens with two attached hydrogens (primary N) is 2. The predicted octanol–water partition coefficient (Wildman–Crippen LogP) is -0.615. The Labute approximate surface area is 83.7 Å². The third-order valence-corrected chi connectivity index (χ3v) is 2.64. The van der Waals surface area contributed by atoms with Crippen LogP contribution in [0.25, 0.3) is 0 Å². The van der Waals surface area contributed by atoms with Gasteiger partial charge in [-0.05, 0) is 12.8 Å². The fourth-order valence-corrected chi connectivity index (χ4v) is 1.69. The number of primary amides is 1. The Hall–Kier alpha value is -0.650. The lowest BCUT2D eigenvalue weighted by atomic mass is 9.99. The van der Waals surface area contributed by atoms with E-state index < -0.39 is 11.4 Å². The van der Waals surface area contributed by atoms with Gasteiger partial charge in [0, 0.05) is 13.5 Å². The minimum Gasteiger partial charge on any atom is -0.382 e. The van der Waals surface area contributed by atoms with Gasteiger partial charge in [-0.2, -0.15) is 0 Å². The summed E-state index contributed by atoms with van der Waals surface area (Å²) in [4.78, 5) is 11.0. The first-order valence-corrected chi connectivity index (χ1v) is 4.78. The monoisotopic (exact) mass is 202 g/mol. The highest BCUT2D eigenvalue weighted by Crippen LogP contribution is 2.29. The first kappa shape index (κ1) is 11.4. The molecule has 0 aromatic heterocycles. The lowest BCUT2D eigenvalue weighted by Gasteiger charge is -2.19. The Morgan fingerprint density at radius 2 is 2.29 bits per heavy atom. The lowest BCUT2D eigenvalue weighted by molar-refractivity contribution is -0.123. The van der Waals surface area contributed by atoms with Gasteiger partial charge in [-0.3, -0.25) is 4.79 Å². The summed E-state index contributed by atoms with van der Waals surface area (Å²) in [6, 6.07) is 0. The van der Waals surface area contributed by atoms with Crippen molar-refractivity contribution < 1.29 is 14.3 Å². The number of amides is 1. The van der Waals surface area contributed by atoms with E-state index in [0.717, 1.165) is 6.42 Å². The molecule has 1 saturated carbocycles. The lowest BCUT2D eigenvalue weighted by Crippen LogP contribution is -2.50. The van der Waals surface area contributed by atoms with Gasteiger partial charge in [0.1, 0.15) is 0 Å². The van der Waals surface area contributed by atoms with Crippen molar-refractivity contribution in [1.29, 1.82) is 0 Å². The molecule has 1 amide bonds. The van der Waals surface area contributed by atoms with Crippen molar-refractivity contribution in [3.8, 4) is 0 Å². The topological polar surface area (TPSA) is 87.6 Å². The molecule has 0 spiro atoms. The van der Waals surface area contributed by atoms with Crippen LogP contribution >= 0.6 is 0 Å². The zero-order valence-electron chi connectivity index (χ0n) is 8.49. The van der Waals surface area contributed by atoms with Crippen molar-refractivity contribution in [3.05, 3.63) is 0 Å². The van der Waals surface area contributed by atoms with Gasteiger partial charge in [0.2, 0.25) is 5.91 Å². The second kappa shape index (κ2) is 4.72. The molecule has 2 atom stereocenters. The van der Waals surface area contributed by atoms with Crippen LogP contribution in [0.15, 0.2) is 0 Å². The summed E-state index contributed by atoms with van der Waals surface area (Å²) < 4.78 is 10.3. The van der Waals surface area contributed by atoms with Crippen LogP contribution in [0, 0.1) is 0 Å². The smallest absolute Gasteiger partial charge is 0.237 e. The minimum absolute atomic E-state index is 0.0441. The fourth-order valence-electron chi connectivity index (χ4n) is 1.69. The zero-order valence-corrected chi connectivity index (χ0v) is 8.49. The maximum atomic E-state index is 11.0. The Morgan fingerprint density at radius 3 is 2.79 bits per heavy atom. The standard InChI is InChI=1S/C9H18N2O3/c1-13-4-5-14-7-2-3-9(11,6-7)8(10)12/h7H,2-6,11H2,1H3,(H2,10,12). The maximum Gasteiger partial charge on any atom is 0.237 e. The highest BCUT2D eigenvalue weighted by Gasteiger charge is 2.40. The van der Waals surface area contributed by atoms with E-state index in [2.05, 4.69) is 0 Å². The summed E-state index contributed by atoms with van der Waals surface area (Å²) in [5.41, 5.74) is 10.2. The molecular weight excluding hydrogens is 184 g/mol. The second-order valence-electron chi connectivity index (χ2n) is 3.75. The molecule has 5 heteroatoms. The average Bonchev–Trinajstić information content (AvgIpc) is 2.50. The maximum absolute atomic E-state index is 11.0. The van der Waals surface area contributed by atoms with Crippen LogP contribution in [0.3, 0.4) is 0 Å². The molecule has 0 aromatic rings. The third-order valence-electron chi connectivity index (χ3n) is 2.64. The molecule has 0 aromatic carbocycles. The largest absolute Gasteiger partial charge is 0.382 e. The summed E-state index contributed by atoms with van der Waals surface area (Å²) in [6.07, 6.45) is 1.97. The Balaban J connectivity index is 2.30. The highest BCUT2D eigenvalue weighted by atomic mass is 16.5. The summed E-state index contributed by atoms with van der Waals surface area (Å²) in [5, 5.41) is 0. The molecule has 0 saturated heterocycles. The van der Waals surface area contributed by atoms with Gasteiger partial charge >= 0.3 is 0 Å². The molecule has 0 heterocycles. The number of carbonyl (C=O) groups excluding carboxylic acids is 1. The van der Waals surface area contributed by atoms with Crippen molar-refractivity contribution in [3.63, 3.8) is 0 Å². The summed E-state index contributed by atoms with van der Waals surface area (Å²) >= 11 is 0. The van der Waals surface area contributed by atoms with E-state index in [1.54, 1.807) is 7.11 Å². The third kappa shape index (κ3) is 2.67. The Bertz CT molecular complexity index is 210. The van der Waals surface area contributed by atoms with E-state index >= 15 is 0 Å². The van der Waals surface area contributed by atoms with E-state index in [9.17, 15) is 4.79 Å². The Kier molecular flexibility index (Phi) is 3.86. The van der Waals surface area contributed by atoms with Crippen LogP contribution in [0.2, 0.25) is 0 Å². The van der Waals surface area contributed by atoms with Crippen LogP contribution in [-0.2, 0) is 14.3 Å². The highest BCUT2D eigenvalue weighted by molar-refractivity contribution is 5.84. The van der Waals surface area contributed by atoms with Crippen molar-refractivity contribution in [2.75, 3.05) is 20.3 Å². The van der Waals surface area contributed by atoms with E-state index in [4.69, 9.17) is 20.9 Å². The van der Waals surface area contributed by atoms with Crippen LogP contribution < -0.4 is 11.5 Å². The summed E-state index contributed by atoms with van der Waals surface area (Å²) in [6.45, 7) is 1.10. The van der Waals surface area contributed by atoms with Crippen LogP contribution in [-0.4, -0.2) is 37.9 Å². The number of ether oxygens (including phenoxy) is 2. The molecule has 4 N–H and O–H groups in total. The number of carbonyl (C=O) groups is 1. The van der Waals surface area contributed by atoms with Gasteiger partial charge in [-0.1, -0.05) is 0 Å². The molecule has 5 nitrogen and oxygen atoms in total. The molecule has 2 unspecified atom stereocenters. The van der Waals surface area contributed by atoms with Gasteiger partial charge < -0.3 is 20.9 Å². The van der Waals surface area contributed by atoms with E-state index in [0.29, 0.717) is 26.1 Å². The fraction of sp³-hybridized carbons (Fsp3) is 0.889. The number of hydrogen-bond donors (Lipinski definition) is 2. The van der Waals surface area contributed by atoms with Gasteiger partial charge in [0.05, 0.1) is 24.9 Å². The second-order valence-corrected chi connectivity index (χ2v) is 3.75. The van der Waals surface area contributed by atoms with Crippen LogP contribution in [0.5, 0.6) is 0 Å². The molecule has 0 aliphatic heterocycles. The molecule has 1 rings (SSSR count).